The molecule has 0 radical (unpaired) electrons. The van der Waals surface area contributed by atoms with Gasteiger partial charge in [0.1, 0.15) is 5.76 Å². The fourth-order valence-corrected chi connectivity index (χ4v) is 3.13. The van der Waals surface area contributed by atoms with E-state index in [0.717, 1.165) is 37.3 Å². The van der Waals surface area contributed by atoms with Crippen molar-refractivity contribution in [3.63, 3.8) is 0 Å². The van der Waals surface area contributed by atoms with E-state index in [1.54, 1.807) is 6.26 Å². The van der Waals surface area contributed by atoms with E-state index >= 15 is 0 Å². The zero-order valence-electron chi connectivity index (χ0n) is 15.1. The number of benzene rings is 1. The number of nitrogens with one attached hydrogen (secondary N) is 1. The SMILES string of the molecule is CN(Cc1ccco1)Cc1ccccc1CNC(=O)N(C)C1CCC1. The molecule has 0 atom stereocenters. The Morgan fingerprint density at radius 3 is 2.52 bits per heavy atom. The lowest BCUT2D eigenvalue weighted by molar-refractivity contribution is 0.157. The summed E-state index contributed by atoms with van der Waals surface area (Å²) >= 11 is 0. The Morgan fingerprint density at radius 2 is 1.88 bits per heavy atom. The normalized spacial score (nSPS) is 14.4. The van der Waals surface area contributed by atoms with E-state index in [-0.39, 0.29) is 6.03 Å². The van der Waals surface area contributed by atoms with Crippen LogP contribution in [0, 0.1) is 0 Å². The molecule has 0 unspecified atom stereocenters. The third-order valence-electron chi connectivity index (χ3n) is 4.94. The Balaban J connectivity index is 1.55. The first-order chi connectivity index (χ1) is 12.1. The van der Waals surface area contributed by atoms with Crippen LogP contribution in [0.1, 0.15) is 36.1 Å². The average Bonchev–Trinajstić information content (AvgIpc) is 3.04. The molecule has 0 bridgehead atoms. The van der Waals surface area contributed by atoms with Gasteiger partial charge in [-0.1, -0.05) is 24.3 Å². The van der Waals surface area contributed by atoms with Crippen LogP contribution in [0.4, 0.5) is 4.79 Å². The molecule has 0 aliphatic heterocycles. The number of amides is 2. The van der Waals surface area contributed by atoms with Gasteiger partial charge in [-0.25, -0.2) is 4.79 Å². The van der Waals surface area contributed by atoms with Gasteiger partial charge in [0, 0.05) is 26.2 Å². The predicted octanol–water partition coefficient (Wildman–Crippen LogP) is 3.61. The Kier molecular flexibility index (Phi) is 5.76. The van der Waals surface area contributed by atoms with Gasteiger partial charge >= 0.3 is 6.03 Å². The van der Waals surface area contributed by atoms with Crippen LogP contribution in [-0.2, 0) is 19.6 Å². The molecular weight excluding hydrogens is 314 g/mol. The number of urea groups is 1. The number of carbonyl (C=O) groups is 1. The Labute approximate surface area is 149 Å². The molecule has 5 nitrogen and oxygen atoms in total. The second-order valence-corrected chi connectivity index (χ2v) is 6.87. The van der Waals surface area contributed by atoms with Gasteiger partial charge in [0.2, 0.25) is 0 Å². The molecule has 1 aliphatic rings. The molecule has 2 aromatic rings. The highest BCUT2D eigenvalue weighted by molar-refractivity contribution is 5.74. The number of hydrogen-bond donors (Lipinski definition) is 1. The number of hydrogen-bond acceptors (Lipinski definition) is 3. The number of rotatable bonds is 7. The van der Waals surface area contributed by atoms with E-state index < -0.39 is 0 Å². The third-order valence-corrected chi connectivity index (χ3v) is 4.94. The Hall–Kier alpha value is -2.27. The summed E-state index contributed by atoms with van der Waals surface area (Å²) in [5, 5.41) is 3.06. The summed E-state index contributed by atoms with van der Waals surface area (Å²) in [5.41, 5.74) is 2.38. The lowest BCUT2D eigenvalue weighted by Gasteiger charge is -2.34. The molecule has 1 aromatic carbocycles. The van der Waals surface area contributed by atoms with Crippen LogP contribution in [-0.4, -0.2) is 36.0 Å². The predicted molar refractivity (Wildman–Crippen MR) is 98.0 cm³/mol. The van der Waals surface area contributed by atoms with Crippen molar-refractivity contribution in [2.45, 2.75) is 44.9 Å². The summed E-state index contributed by atoms with van der Waals surface area (Å²) in [6, 6.07) is 12.6. The van der Waals surface area contributed by atoms with E-state index in [2.05, 4.69) is 29.4 Å². The number of nitrogens with zero attached hydrogens (tertiary/aromatic N) is 2. The van der Waals surface area contributed by atoms with Gasteiger partial charge in [-0.3, -0.25) is 4.90 Å². The molecule has 1 aromatic heterocycles. The van der Waals surface area contributed by atoms with Gasteiger partial charge in [0.25, 0.3) is 0 Å². The fraction of sp³-hybridized carbons (Fsp3) is 0.450. The van der Waals surface area contributed by atoms with Gasteiger partial charge in [-0.15, -0.1) is 0 Å². The zero-order valence-corrected chi connectivity index (χ0v) is 15.1. The second kappa shape index (κ2) is 8.21. The summed E-state index contributed by atoms with van der Waals surface area (Å²) in [6.45, 7) is 2.13. The maximum atomic E-state index is 12.3. The van der Waals surface area contributed by atoms with Gasteiger partial charge in [-0.05, 0) is 49.6 Å². The molecule has 2 amide bonds. The van der Waals surface area contributed by atoms with Crippen LogP contribution in [0.2, 0.25) is 0 Å². The first-order valence-electron chi connectivity index (χ1n) is 8.92. The highest BCUT2D eigenvalue weighted by Crippen LogP contribution is 2.23. The molecule has 0 saturated heterocycles. The average molecular weight is 341 g/mol. The molecule has 3 rings (SSSR count). The smallest absolute Gasteiger partial charge is 0.317 e. The first-order valence-corrected chi connectivity index (χ1v) is 8.92. The van der Waals surface area contributed by atoms with Crippen molar-refractivity contribution in [1.82, 2.24) is 15.1 Å². The summed E-state index contributed by atoms with van der Waals surface area (Å²) in [5.74, 6) is 0.954. The maximum absolute atomic E-state index is 12.3. The molecule has 0 spiro atoms. The van der Waals surface area contributed by atoms with Crippen LogP contribution in [0.3, 0.4) is 0 Å². The van der Waals surface area contributed by atoms with Gasteiger partial charge in [-0.2, -0.15) is 0 Å². The van der Waals surface area contributed by atoms with E-state index in [1.165, 1.54) is 12.0 Å². The van der Waals surface area contributed by atoms with E-state index in [0.29, 0.717) is 12.6 Å². The van der Waals surface area contributed by atoms with Crippen molar-refractivity contribution >= 4 is 6.03 Å². The number of carbonyl (C=O) groups excluding carboxylic acids is 1. The molecule has 1 saturated carbocycles. The molecule has 1 heterocycles. The van der Waals surface area contributed by atoms with Crippen LogP contribution in [0.15, 0.2) is 47.1 Å². The Morgan fingerprint density at radius 1 is 1.12 bits per heavy atom. The minimum absolute atomic E-state index is 0.0171. The van der Waals surface area contributed by atoms with Crippen molar-refractivity contribution in [1.29, 1.82) is 0 Å². The van der Waals surface area contributed by atoms with Crippen molar-refractivity contribution in [2.24, 2.45) is 0 Å². The van der Waals surface area contributed by atoms with Crippen LogP contribution >= 0.6 is 0 Å². The monoisotopic (exact) mass is 341 g/mol. The lowest BCUT2D eigenvalue weighted by atomic mass is 9.92. The van der Waals surface area contributed by atoms with Gasteiger partial charge in [0.05, 0.1) is 12.8 Å². The first kappa shape index (κ1) is 17.5. The zero-order chi connectivity index (χ0) is 17.6. The quantitative estimate of drug-likeness (QED) is 0.837. The second-order valence-electron chi connectivity index (χ2n) is 6.87. The van der Waals surface area contributed by atoms with Crippen LogP contribution in [0.5, 0.6) is 0 Å². The van der Waals surface area contributed by atoms with E-state index in [9.17, 15) is 4.79 Å². The summed E-state index contributed by atoms with van der Waals surface area (Å²) in [6.07, 6.45) is 5.18. The van der Waals surface area contributed by atoms with Crippen LogP contribution < -0.4 is 5.32 Å². The van der Waals surface area contributed by atoms with Crippen molar-refractivity contribution in [3.8, 4) is 0 Å². The summed E-state index contributed by atoms with van der Waals surface area (Å²) in [4.78, 5) is 16.3. The molecule has 134 valence electrons. The van der Waals surface area contributed by atoms with Gasteiger partial charge in [0.15, 0.2) is 0 Å². The maximum Gasteiger partial charge on any atom is 0.317 e. The molecule has 1 N–H and O–H groups in total. The van der Waals surface area contributed by atoms with E-state index in [1.807, 2.05) is 36.2 Å². The van der Waals surface area contributed by atoms with E-state index in [4.69, 9.17) is 4.42 Å². The third kappa shape index (κ3) is 4.63. The largest absolute Gasteiger partial charge is 0.468 e. The standard InChI is InChI=1S/C20H27N3O2/c1-22(15-19-11-6-12-25-19)14-17-8-4-3-7-16(17)13-21-20(24)23(2)18-9-5-10-18/h3-4,6-8,11-12,18H,5,9-10,13-15H2,1-2H3,(H,21,24). The van der Waals surface area contributed by atoms with Crippen molar-refractivity contribution < 1.29 is 9.21 Å². The van der Waals surface area contributed by atoms with Gasteiger partial charge < -0.3 is 14.6 Å². The molecule has 1 fully saturated rings. The molecule has 5 heteroatoms. The molecule has 25 heavy (non-hydrogen) atoms. The van der Waals surface area contributed by atoms with Crippen molar-refractivity contribution in [2.75, 3.05) is 14.1 Å². The minimum Gasteiger partial charge on any atom is -0.468 e. The highest BCUT2D eigenvalue weighted by Gasteiger charge is 2.25. The molecular formula is C20H27N3O2. The summed E-state index contributed by atoms with van der Waals surface area (Å²) < 4.78 is 5.41. The topological polar surface area (TPSA) is 48.7 Å². The van der Waals surface area contributed by atoms with Crippen molar-refractivity contribution in [3.05, 3.63) is 59.5 Å². The number of furan rings is 1. The Bertz CT molecular complexity index is 680. The van der Waals surface area contributed by atoms with Crippen LogP contribution in [0.25, 0.3) is 0 Å². The minimum atomic E-state index is 0.0171. The lowest BCUT2D eigenvalue weighted by Crippen LogP contribution is -2.46. The molecule has 1 aliphatic carbocycles. The highest BCUT2D eigenvalue weighted by atomic mass is 16.3. The summed E-state index contributed by atoms with van der Waals surface area (Å²) in [7, 11) is 3.96. The fourth-order valence-electron chi connectivity index (χ4n) is 3.13.